The van der Waals surface area contributed by atoms with Gasteiger partial charge >= 0.3 is 0 Å². The molecule has 1 aromatic rings. The van der Waals surface area contributed by atoms with Crippen LogP contribution >= 0.6 is 0 Å². The Morgan fingerprint density at radius 1 is 1.00 bits per heavy atom. The summed E-state index contributed by atoms with van der Waals surface area (Å²) < 4.78 is 5.58. The molecule has 0 amide bonds. The maximum absolute atomic E-state index is 5.58. The number of unbranched alkanes of at least 4 members (excludes halogenated alkanes) is 2. The Morgan fingerprint density at radius 2 is 1.76 bits per heavy atom. The maximum Gasteiger partial charge on any atom is 0.233 e. The molecule has 1 aromatic heterocycles. The first-order valence-corrected chi connectivity index (χ1v) is 8.79. The Morgan fingerprint density at radius 3 is 2.38 bits per heavy atom. The average Bonchev–Trinajstić information content (AvgIpc) is 2.54. The standard InChI is InChI=1S/C18H30N2O/c1-3-5-7-15-8-10-16(11-9-15)17-12-13-18(20-19-17)21-14-6-4-2/h12-13,15-16H,3-11,14H2,1-2H3/t15-,16-. The van der Waals surface area contributed by atoms with Crippen LogP contribution in [0.1, 0.15) is 83.2 Å². The number of ether oxygens (including phenoxy) is 1. The van der Waals surface area contributed by atoms with Gasteiger partial charge in [-0.1, -0.05) is 39.5 Å². The van der Waals surface area contributed by atoms with E-state index in [0.29, 0.717) is 11.8 Å². The van der Waals surface area contributed by atoms with E-state index < -0.39 is 0 Å². The van der Waals surface area contributed by atoms with Gasteiger partial charge in [-0.2, -0.15) is 5.10 Å². The topological polar surface area (TPSA) is 35.0 Å². The zero-order valence-corrected chi connectivity index (χ0v) is 13.7. The van der Waals surface area contributed by atoms with Crippen molar-refractivity contribution in [2.24, 2.45) is 5.92 Å². The van der Waals surface area contributed by atoms with Gasteiger partial charge < -0.3 is 4.74 Å². The highest BCUT2D eigenvalue weighted by molar-refractivity contribution is 5.15. The van der Waals surface area contributed by atoms with E-state index in [0.717, 1.165) is 31.1 Å². The summed E-state index contributed by atoms with van der Waals surface area (Å²) in [6, 6.07) is 4.10. The third-order valence-corrected chi connectivity index (χ3v) is 4.64. The van der Waals surface area contributed by atoms with Crippen LogP contribution in [0.2, 0.25) is 0 Å². The maximum atomic E-state index is 5.58. The fraction of sp³-hybridized carbons (Fsp3) is 0.778. The molecule has 1 saturated carbocycles. The fourth-order valence-corrected chi connectivity index (χ4v) is 3.19. The van der Waals surface area contributed by atoms with Crippen molar-refractivity contribution in [2.45, 2.75) is 77.6 Å². The van der Waals surface area contributed by atoms with E-state index in [1.807, 2.05) is 6.07 Å². The van der Waals surface area contributed by atoms with Crippen LogP contribution in [0.15, 0.2) is 12.1 Å². The first-order valence-electron chi connectivity index (χ1n) is 8.79. The van der Waals surface area contributed by atoms with Crippen molar-refractivity contribution >= 4 is 0 Å². The normalized spacial score (nSPS) is 22.2. The predicted molar refractivity (Wildman–Crippen MR) is 86.7 cm³/mol. The van der Waals surface area contributed by atoms with Gasteiger partial charge in [0.2, 0.25) is 5.88 Å². The van der Waals surface area contributed by atoms with Crippen LogP contribution in [0, 0.1) is 5.92 Å². The molecule has 0 aliphatic heterocycles. The van der Waals surface area contributed by atoms with E-state index >= 15 is 0 Å². The number of aromatic nitrogens is 2. The quantitative estimate of drug-likeness (QED) is 0.623. The van der Waals surface area contributed by atoms with Crippen molar-refractivity contribution in [3.05, 3.63) is 17.8 Å². The molecule has 0 saturated heterocycles. The Bertz CT molecular complexity index is 383. The van der Waals surface area contributed by atoms with E-state index in [2.05, 4.69) is 30.1 Å². The zero-order chi connectivity index (χ0) is 14.9. The van der Waals surface area contributed by atoms with Crippen molar-refractivity contribution in [2.75, 3.05) is 6.61 Å². The monoisotopic (exact) mass is 290 g/mol. The minimum Gasteiger partial charge on any atom is -0.477 e. The van der Waals surface area contributed by atoms with Crippen molar-refractivity contribution in [3.63, 3.8) is 0 Å². The molecule has 3 nitrogen and oxygen atoms in total. The van der Waals surface area contributed by atoms with Crippen molar-refractivity contribution < 1.29 is 4.74 Å². The SMILES string of the molecule is CCCCOc1ccc([C@H]2CC[C@H](CCCC)CC2)nn1. The van der Waals surface area contributed by atoms with Gasteiger partial charge in [0.25, 0.3) is 0 Å². The third kappa shape index (κ3) is 5.29. The second-order valence-electron chi connectivity index (χ2n) is 6.36. The highest BCUT2D eigenvalue weighted by atomic mass is 16.5. The average molecular weight is 290 g/mol. The molecule has 118 valence electrons. The van der Waals surface area contributed by atoms with E-state index in [-0.39, 0.29) is 0 Å². The number of nitrogens with zero attached hydrogens (tertiary/aromatic N) is 2. The second-order valence-corrected chi connectivity index (χ2v) is 6.36. The number of hydrogen-bond acceptors (Lipinski definition) is 3. The van der Waals surface area contributed by atoms with E-state index in [1.165, 1.54) is 44.9 Å². The van der Waals surface area contributed by atoms with Crippen molar-refractivity contribution in [3.8, 4) is 5.88 Å². The van der Waals surface area contributed by atoms with Gasteiger partial charge in [-0.25, -0.2) is 0 Å². The first-order chi connectivity index (χ1) is 10.3. The van der Waals surface area contributed by atoms with Gasteiger partial charge in [0, 0.05) is 12.0 Å². The van der Waals surface area contributed by atoms with Crippen LogP contribution in [0.4, 0.5) is 0 Å². The summed E-state index contributed by atoms with van der Waals surface area (Å²) >= 11 is 0. The lowest BCUT2D eigenvalue weighted by Gasteiger charge is -2.27. The van der Waals surface area contributed by atoms with Gasteiger partial charge in [0.1, 0.15) is 0 Å². The smallest absolute Gasteiger partial charge is 0.233 e. The third-order valence-electron chi connectivity index (χ3n) is 4.64. The summed E-state index contributed by atoms with van der Waals surface area (Å²) in [5.41, 5.74) is 1.16. The van der Waals surface area contributed by atoms with Gasteiger partial charge in [0.15, 0.2) is 0 Å². The van der Waals surface area contributed by atoms with Gasteiger partial charge in [-0.15, -0.1) is 5.10 Å². The van der Waals surface area contributed by atoms with Crippen molar-refractivity contribution in [1.82, 2.24) is 10.2 Å². The molecular formula is C18H30N2O. The molecule has 3 heteroatoms. The molecule has 0 atom stereocenters. The summed E-state index contributed by atoms with van der Waals surface area (Å²) in [6.45, 7) is 5.19. The fourth-order valence-electron chi connectivity index (χ4n) is 3.19. The lowest BCUT2D eigenvalue weighted by Crippen LogP contribution is -2.14. The first kappa shape index (κ1) is 16.3. The molecule has 21 heavy (non-hydrogen) atoms. The Balaban J connectivity index is 1.78. The summed E-state index contributed by atoms with van der Waals surface area (Å²) in [5.74, 6) is 2.23. The molecule has 0 aromatic carbocycles. The molecule has 0 bridgehead atoms. The summed E-state index contributed by atoms with van der Waals surface area (Å²) in [5, 5.41) is 8.62. The molecule has 2 rings (SSSR count). The van der Waals surface area contributed by atoms with Crippen LogP contribution in [0.5, 0.6) is 5.88 Å². The summed E-state index contributed by atoms with van der Waals surface area (Å²) in [7, 11) is 0. The van der Waals surface area contributed by atoms with Crippen LogP contribution in [0.25, 0.3) is 0 Å². The lowest BCUT2D eigenvalue weighted by atomic mass is 9.78. The van der Waals surface area contributed by atoms with Crippen LogP contribution in [-0.4, -0.2) is 16.8 Å². The minimum absolute atomic E-state index is 0.611. The Labute approximate surface area is 129 Å². The minimum atomic E-state index is 0.611. The largest absolute Gasteiger partial charge is 0.477 e. The molecule has 1 heterocycles. The molecule has 0 spiro atoms. The second kappa shape index (κ2) is 9.01. The molecule has 1 aliphatic rings. The molecule has 0 radical (unpaired) electrons. The lowest BCUT2D eigenvalue weighted by molar-refractivity contribution is 0.288. The van der Waals surface area contributed by atoms with Crippen LogP contribution < -0.4 is 4.74 Å². The predicted octanol–water partition coefficient (Wildman–Crippen LogP) is 5.12. The van der Waals surface area contributed by atoms with Crippen LogP contribution in [-0.2, 0) is 0 Å². The van der Waals surface area contributed by atoms with Gasteiger partial charge in [0.05, 0.1) is 12.3 Å². The highest BCUT2D eigenvalue weighted by Crippen LogP contribution is 2.36. The number of hydrogen-bond donors (Lipinski definition) is 0. The Hall–Kier alpha value is -1.12. The van der Waals surface area contributed by atoms with E-state index in [9.17, 15) is 0 Å². The molecule has 1 aliphatic carbocycles. The van der Waals surface area contributed by atoms with Crippen molar-refractivity contribution in [1.29, 1.82) is 0 Å². The van der Waals surface area contributed by atoms with Crippen LogP contribution in [0.3, 0.4) is 0 Å². The molecule has 0 N–H and O–H groups in total. The molecular weight excluding hydrogens is 260 g/mol. The summed E-state index contributed by atoms with van der Waals surface area (Å²) in [4.78, 5) is 0. The number of rotatable bonds is 8. The Kier molecular flexibility index (Phi) is 6.98. The zero-order valence-electron chi connectivity index (χ0n) is 13.7. The van der Waals surface area contributed by atoms with Gasteiger partial charge in [-0.05, 0) is 44.1 Å². The summed E-state index contributed by atoms with van der Waals surface area (Å²) in [6.07, 6.45) is 11.6. The van der Waals surface area contributed by atoms with Gasteiger partial charge in [-0.3, -0.25) is 0 Å². The molecule has 1 fully saturated rings. The van der Waals surface area contributed by atoms with E-state index in [4.69, 9.17) is 4.74 Å². The highest BCUT2D eigenvalue weighted by Gasteiger charge is 2.23. The molecule has 0 unspecified atom stereocenters. The van der Waals surface area contributed by atoms with E-state index in [1.54, 1.807) is 0 Å².